The topological polar surface area (TPSA) is 91.4 Å². The minimum Gasteiger partial charge on any atom is -0.323 e. The summed E-state index contributed by atoms with van der Waals surface area (Å²) in [5.41, 5.74) is 0.130. The van der Waals surface area contributed by atoms with Crippen LogP contribution in [0.3, 0.4) is 0 Å². The molecule has 24 heavy (non-hydrogen) atoms. The van der Waals surface area contributed by atoms with Gasteiger partial charge in [-0.3, -0.25) is 14.5 Å². The number of imide groups is 1. The molecule has 1 saturated carbocycles. The Morgan fingerprint density at radius 2 is 2.08 bits per heavy atom. The molecule has 3 rings (SSSR count). The van der Waals surface area contributed by atoms with Gasteiger partial charge in [-0.05, 0) is 31.4 Å². The van der Waals surface area contributed by atoms with Crippen molar-refractivity contribution in [3.63, 3.8) is 0 Å². The molecule has 4 amide bonds. The van der Waals surface area contributed by atoms with E-state index in [0.29, 0.717) is 18.7 Å². The van der Waals surface area contributed by atoms with Gasteiger partial charge in [0.2, 0.25) is 5.91 Å². The number of hydrogen-bond donors (Lipinski definition) is 2. The fourth-order valence-corrected chi connectivity index (χ4v) is 3.40. The summed E-state index contributed by atoms with van der Waals surface area (Å²) in [6, 6.07) is 3.26. The number of carbonyl (C=O) groups excluding carboxylic acids is 3. The average molecular weight is 330 g/mol. The third-order valence-electron chi connectivity index (χ3n) is 4.78. The first-order valence-electron chi connectivity index (χ1n) is 8.37. The largest absolute Gasteiger partial charge is 0.325 e. The van der Waals surface area contributed by atoms with E-state index in [1.165, 1.54) is 4.90 Å². The molecular weight excluding hydrogens is 308 g/mol. The molecular formula is C17H22N4O3. The second kappa shape index (κ2) is 6.59. The lowest BCUT2D eigenvalue weighted by Crippen LogP contribution is -2.48. The van der Waals surface area contributed by atoms with Gasteiger partial charge in [-0.25, -0.2) is 9.78 Å². The van der Waals surface area contributed by atoms with Gasteiger partial charge < -0.3 is 10.6 Å². The fraction of sp³-hybridized carbons (Fsp3) is 0.529. The summed E-state index contributed by atoms with van der Waals surface area (Å²) in [4.78, 5) is 42.1. The van der Waals surface area contributed by atoms with E-state index in [4.69, 9.17) is 0 Å². The number of anilines is 1. The summed E-state index contributed by atoms with van der Waals surface area (Å²) in [6.07, 6.45) is 6.02. The number of aryl methyl sites for hydroxylation is 1. The highest BCUT2D eigenvalue weighted by Gasteiger charge is 2.50. The van der Waals surface area contributed by atoms with Crippen molar-refractivity contribution in [3.05, 3.63) is 23.9 Å². The molecule has 2 fully saturated rings. The Morgan fingerprint density at radius 1 is 1.33 bits per heavy atom. The molecule has 1 aromatic heterocycles. The van der Waals surface area contributed by atoms with Crippen LogP contribution in [-0.2, 0) is 9.59 Å². The van der Waals surface area contributed by atoms with E-state index in [1.54, 1.807) is 12.3 Å². The zero-order chi connectivity index (χ0) is 17.2. The predicted octanol–water partition coefficient (Wildman–Crippen LogP) is 1.97. The maximum atomic E-state index is 12.6. The molecule has 7 heteroatoms. The molecule has 1 aromatic rings. The first kappa shape index (κ1) is 16.4. The van der Waals surface area contributed by atoms with Crippen molar-refractivity contribution in [1.82, 2.24) is 15.2 Å². The number of aromatic nitrogens is 1. The average Bonchev–Trinajstić information content (AvgIpc) is 2.79. The highest BCUT2D eigenvalue weighted by molar-refractivity contribution is 6.07. The summed E-state index contributed by atoms with van der Waals surface area (Å²) >= 11 is 0. The van der Waals surface area contributed by atoms with Crippen LogP contribution in [0.4, 0.5) is 10.6 Å². The standard InChI is InChI=1S/C17H22N4O3/c1-12-6-5-10-18-14(12)19-13(22)7-11-21-15(23)17(20-16(21)24)8-3-2-4-9-17/h5-6,10H,2-4,7-9,11H2,1H3,(H,20,24)(H,18,19,22). The van der Waals surface area contributed by atoms with E-state index >= 15 is 0 Å². The third-order valence-corrected chi connectivity index (χ3v) is 4.78. The first-order chi connectivity index (χ1) is 11.5. The molecule has 1 aliphatic heterocycles. The smallest absolute Gasteiger partial charge is 0.323 e. The minimum absolute atomic E-state index is 0.0608. The van der Waals surface area contributed by atoms with Crippen molar-refractivity contribution in [2.45, 2.75) is 51.0 Å². The van der Waals surface area contributed by atoms with E-state index in [0.717, 1.165) is 24.8 Å². The number of nitrogens with zero attached hydrogens (tertiary/aromatic N) is 2. The van der Waals surface area contributed by atoms with Crippen LogP contribution < -0.4 is 10.6 Å². The molecule has 2 aliphatic rings. The lowest BCUT2D eigenvalue weighted by atomic mass is 9.82. The van der Waals surface area contributed by atoms with E-state index in [-0.39, 0.29) is 30.8 Å². The zero-order valence-electron chi connectivity index (χ0n) is 13.8. The van der Waals surface area contributed by atoms with Gasteiger partial charge >= 0.3 is 6.03 Å². The van der Waals surface area contributed by atoms with Crippen molar-refractivity contribution >= 4 is 23.7 Å². The minimum atomic E-state index is -0.733. The van der Waals surface area contributed by atoms with Gasteiger partial charge in [0, 0.05) is 19.2 Å². The summed E-state index contributed by atoms with van der Waals surface area (Å²) in [6.45, 7) is 1.94. The van der Waals surface area contributed by atoms with Crippen LogP contribution in [0.2, 0.25) is 0 Å². The van der Waals surface area contributed by atoms with Crippen molar-refractivity contribution in [2.24, 2.45) is 0 Å². The van der Waals surface area contributed by atoms with E-state index < -0.39 is 5.54 Å². The zero-order valence-corrected chi connectivity index (χ0v) is 13.8. The molecule has 2 heterocycles. The molecule has 2 N–H and O–H groups in total. The summed E-state index contributed by atoms with van der Waals surface area (Å²) in [5.74, 6) is 0.0551. The Hall–Kier alpha value is -2.44. The number of urea groups is 1. The predicted molar refractivity (Wildman–Crippen MR) is 88.3 cm³/mol. The number of nitrogens with one attached hydrogen (secondary N) is 2. The van der Waals surface area contributed by atoms with Gasteiger partial charge in [-0.2, -0.15) is 0 Å². The van der Waals surface area contributed by atoms with Gasteiger partial charge in [0.15, 0.2) is 0 Å². The quantitative estimate of drug-likeness (QED) is 0.826. The maximum Gasteiger partial charge on any atom is 0.325 e. The Kier molecular flexibility index (Phi) is 4.51. The molecule has 0 bridgehead atoms. The van der Waals surface area contributed by atoms with Crippen LogP contribution in [0.1, 0.15) is 44.1 Å². The number of amides is 4. The van der Waals surface area contributed by atoms with Crippen LogP contribution in [-0.4, -0.2) is 39.8 Å². The van der Waals surface area contributed by atoms with Crippen LogP contribution >= 0.6 is 0 Å². The van der Waals surface area contributed by atoms with Crippen molar-refractivity contribution < 1.29 is 14.4 Å². The Balaban J connectivity index is 1.58. The van der Waals surface area contributed by atoms with Gasteiger partial charge in [-0.15, -0.1) is 0 Å². The van der Waals surface area contributed by atoms with Crippen molar-refractivity contribution in [1.29, 1.82) is 0 Å². The second-order valence-corrected chi connectivity index (χ2v) is 6.50. The highest BCUT2D eigenvalue weighted by Crippen LogP contribution is 2.33. The van der Waals surface area contributed by atoms with Crippen LogP contribution in [0.25, 0.3) is 0 Å². The first-order valence-corrected chi connectivity index (χ1v) is 8.37. The molecule has 0 aromatic carbocycles. The fourth-order valence-electron chi connectivity index (χ4n) is 3.40. The van der Waals surface area contributed by atoms with Gasteiger partial charge in [0.05, 0.1) is 0 Å². The number of pyridine rings is 1. The number of rotatable bonds is 4. The van der Waals surface area contributed by atoms with Gasteiger partial charge in [0.25, 0.3) is 5.91 Å². The molecule has 1 aliphatic carbocycles. The Labute approximate surface area is 140 Å². The van der Waals surface area contributed by atoms with E-state index in [2.05, 4.69) is 15.6 Å². The lowest BCUT2D eigenvalue weighted by molar-refractivity contribution is -0.132. The molecule has 7 nitrogen and oxygen atoms in total. The van der Waals surface area contributed by atoms with E-state index in [1.807, 2.05) is 13.0 Å². The van der Waals surface area contributed by atoms with Crippen LogP contribution in [0.5, 0.6) is 0 Å². The van der Waals surface area contributed by atoms with Crippen LogP contribution in [0, 0.1) is 6.92 Å². The molecule has 0 radical (unpaired) electrons. The van der Waals surface area contributed by atoms with Gasteiger partial charge in [-0.1, -0.05) is 25.3 Å². The number of carbonyl (C=O) groups is 3. The van der Waals surface area contributed by atoms with Gasteiger partial charge in [0.1, 0.15) is 11.4 Å². The Morgan fingerprint density at radius 3 is 2.79 bits per heavy atom. The molecule has 128 valence electrons. The van der Waals surface area contributed by atoms with E-state index in [9.17, 15) is 14.4 Å². The summed E-state index contributed by atoms with van der Waals surface area (Å²) < 4.78 is 0. The normalized spacial score (nSPS) is 19.5. The SMILES string of the molecule is Cc1cccnc1NC(=O)CCN1C(=O)NC2(CCCCC2)C1=O. The number of hydrogen-bond acceptors (Lipinski definition) is 4. The molecule has 1 saturated heterocycles. The van der Waals surface area contributed by atoms with Crippen LogP contribution in [0.15, 0.2) is 18.3 Å². The molecule has 1 spiro atoms. The highest BCUT2D eigenvalue weighted by atomic mass is 16.2. The molecule has 0 unspecified atom stereocenters. The van der Waals surface area contributed by atoms with Crippen molar-refractivity contribution in [2.75, 3.05) is 11.9 Å². The van der Waals surface area contributed by atoms with Crippen molar-refractivity contribution in [3.8, 4) is 0 Å². The second-order valence-electron chi connectivity index (χ2n) is 6.50. The third kappa shape index (κ3) is 3.11. The monoisotopic (exact) mass is 330 g/mol. The summed E-state index contributed by atoms with van der Waals surface area (Å²) in [7, 11) is 0. The lowest BCUT2D eigenvalue weighted by Gasteiger charge is -2.30. The summed E-state index contributed by atoms with van der Waals surface area (Å²) in [5, 5.41) is 5.56. The molecule has 0 atom stereocenters. The Bertz CT molecular complexity index is 668. The maximum absolute atomic E-state index is 12.6.